The van der Waals surface area contributed by atoms with E-state index in [4.69, 9.17) is 14.6 Å². The molecule has 1 heterocycles. The average molecular weight is 318 g/mol. The number of hydrogen-bond acceptors (Lipinski definition) is 6. The first-order valence-electron chi connectivity index (χ1n) is 8.36. The maximum atomic E-state index is 9.92. The van der Waals surface area contributed by atoms with Gasteiger partial charge < -0.3 is 29.9 Å². The van der Waals surface area contributed by atoms with Gasteiger partial charge in [-0.2, -0.15) is 0 Å². The van der Waals surface area contributed by atoms with E-state index in [-0.39, 0.29) is 0 Å². The maximum Gasteiger partial charge on any atom is 0.186 e. The minimum atomic E-state index is -1.37. The monoisotopic (exact) mass is 318 g/mol. The summed E-state index contributed by atoms with van der Waals surface area (Å²) in [5.74, 6) is 1.93. The van der Waals surface area contributed by atoms with Crippen molar-refractivity contribution < 1.29 is 29.9 Å². The standard InChI is InChI=1S/C16H30O6/c1-9(2)11-5-3-10(4-6-11)8-21-16-15(20)14(19)13(18)12(7-17)22-16/h9-20H,3-8H2,1-2H3/t10?,11?,12-,13-,14+,15-,16-/m1/s1. The summed E-state index contributed by atoms with van der Waals surface area (Å²) in [5.41, 5.74) is 0. The van der Waals surface area contributed by atoms with E-state index in [1.54, 1.807) is 0 Å². The van der Waals surface area contributed by atoms with Crippen molar-refractivity contribution in [3.63, 3.8) is 0 Å². The van der Waals surface area contributed by atoms with Gasteiger partial charge in [0.25, 0.3) is 0 Å². The second-order valence-electron chi connectivity index (χ2n) is 7.06. The second kappa shape index (κ2) is 8.04. The molecule has 0 aromatic rings. The van der Waals surface area contributed by atoms with Crippen LogP contribution >= 0.6 is 0 Å². The molecule has 0 aromatic carbocycles. The summed E-state index contributed by atoms with van der Waals surface area (Å²) in [6.45, 7) is 4.56. The molecule has 0 spiro atoms. The maximum absolute atomic E-state index is 9.92. The molecule has 2 rings (SSSR count). The lowest BCUT2D eigenvalue weighted by molar-refractivity contribution is -0.303. The Morgan fingerprint density at radius 3 is 2.18 bits per heavy atom. The normalized spacial score (nSPS) is 43.5. The largest absolute Gasteiger partial charge is 0.394 e. The van der Waals surface area contributed by atoms with Gasteiger partial charge >= 0.3 is 0 Å². The summed E-state index contributed by atoms with van der Waals surface area (Å²) in [4.78, 5) is 0. The van der Waals surface area contributed by atoms with E-state index in [1.807, 2.05) is 0 Å². The minimum Gasteiger partial charge on any atom is -0.394 e. The van der Waals surface area contributed by atoms with Crippen LogP contribution in [0.4, 0.5) is 0 Å². The number of aliphatic hydroxyl groups is 4. The summed E-state index contributed by atoms with van der Waals surface area (Å²) in [6.07, 6.45) is -1.32. The Balaban J connectivity index is 1.79. The molecule has 5 atom stereocenters. The third-order valence-corrected chi connectivity index (χ3v) is 5.18. The minimum absolute atomic E-state index is 0.426. The van der Waals surface area contributed by atoms with E-state index in [0.717, 1.165) is 18.8 Å². The van der Waals surface area contributed by atoms with Gasteiger partial charge in [-0.15, -0.1) is 0 Å². The lowest BCUT2D eigenvalue weighted by Gasteiger charge is -2.40. The molecule has 4 N–H and O–H groups in total. The molecule has 0 aromatic heterocycles. The zero-order valence-electron chi connectivity index (χ0n) is 13.5. The predicted molar refractivity (Wildman–Crippen MR) is 80.0 cm³/mol. The van der Waals surface area contributed by atoms with Crippen molar-refractivity contribution in [2.24, 2.45) is 17.8 Å². The highest BCUT2D eigenvalue weighted by molar-refractivity contribution is 4.89. The molecule has 0 amide bonds. The number of ether oxygens (including phenoxy) is 2. The molecule has 2 fully saturated rings. The first kappa shape index (κ1) is 18.1. The van der Waals surface area contributed by atoms with Crippen molar-refractivity contribution in [1.29, 1.82) is 0 Å². The SMILES string of the molecule is CC(C)C1CCC(CO[C@@H]2O[C@H](CO)[C@@H](O)[C@H](O)[C@H]2O)CC1. The highest BCUT2D eigenvalue weighted by atomic mass is 16.7. The summed E-state index contributed by atoms with van der Waals surface area (Å²) >= 11 is 0. The van der Waals surface area contributed by atoms with E-state index in [9.17, 15) is 15.3 Å². The molecule has 6 nitrogen and oxygen atoms in total. The van der Waals surface area contributed by atoms with Crippen molar-refractivity contribution in [1.82, 2.24) is 0 Å². The fourth-order valence-corrected chi connectivity index (χ4v) is 3.46. The summed E-state index contributed by atoms with van der Waals surface area (Å²) < 4.78 is 11.0. The van der Waals surface area contributed by atoms with E-state index >= 15 is 0 Å². The van der Waals surface area contributed by atoms with Crippen molar-refractivity contribution in [3.05, 3.63) is 0 Å². The lowest BCUT2D eigenvalue weighted by Crippen LogP contribution is -2.59. The molecule has 0 bridgehead atoms. The second-order valence-corrected chi connectivity index (χ2v) is 7.06. The number of rotatable bonds is 5. The average Bonchev–Trinajstić information content (AvgIpc) is 2.52. The summed E-state index contributed by atoms with van der Waals surface area (Å²) in [6, 6.07) is 0. The molecular weight excluding hydrogens is 288 g/mol. The topological polar surface area (TPSA) is 99.4 Å². The van der Waals surface area contributed by atoms with Crippen LogP contribution < -0.4 is 0 Å². The third kappa shape index (κ3) is 4.19. The Bertz CT molecular complexity index is 327. The summed E-state index contributed by atoms with van der Waals surface area (Å²) in [7, 11) is 0. The van der Waals surface area contributed by atoms with Crippen molar-refractivity contribution in [3.8, 4) is 0 Å². The predicted octanol–water partition coefficient (Wildman–Crippen LogP) is 0.265. The Kier molecular flexibility index (Phi) is 6.61. The number of aliphatic hydroxyl groups excluding tert-OH is 4. The molecule has 0 radical (unpaired) electrons. The van der Waals surface area contributed by atoms with Crippen LogP contribution in [0, 0.1) is 17.8 Å². The summed E-state index contributed by atoms with van der Waals surface area (Å²) in [5, 5.41) is 38.5. The van der Waals surface area contributed by atoms with Gasteiger partial charge in [0.05, 0.1) is 13.2 Å². The van der Waals surface area contributed by atoms with Crippen LogP contribution in [0.1, 0.15) is 39.5 Å². The van der Waals surface area contributed by atoms with E-state index in [1.165, 1.54) is 12.8 Å². The van der Waals surface area contributed by atoms with Gasteiger partial charge in [0.2, 0.25) is 0 Å². The molecule has 1 aliphatic carbocycles. The molecule has 0 unspecified atom stereocenters. The molecule has 130 valence electrons. The van der Waals surface area contributed by atoms with Crippen LogP contribution in [-0.2, 0) is 9.47 Å². The van der Waals surface area contributed by atoms with Gasteiger partial charge in [-0.25, -0.2) is 0 Å². The van der Waals surface area contributed by atoms with Crippen molar-refractivity contribution >= 4 is 0 Å². The Morgan fingerprint density at radius 1 is 1.00 bits per heavy atom. The van der Waals surface area contributed by atoms with Crippen LogP contribution in [0.15, 0.2) is 0 Å². The quantitative estimate of drug-likeness (QED) is 0.580. The van der Waals surface area contributed by atoms with E-state index in [2.05, 4.69) is 13.8 Å². The van der Waals surface area contributed by atoms with Gasteiger partial charge in [0, 0.05) is 0 Å². The molecule has 1 saturated heterocycles. The van der Waals surface area contributed by atoms with E-state index < -0.39 is 37.3 Å². The highest BCUT2D eigenvalue weighted by Gasteiger charge is 2.44. The van der Waals surface area contributed by atoms with Gasteiger partial charge in [0.1, 0.15) is 24.4 Å². The van der Waals surface area contributed by atoms with Gasteiger partial charge in [-0.05, 0) is 43.4 Å². The van der Waals surface area contributed by atoms with Crippen LogP contribution in [0.25, 0.3) is 0 Å². The van der Waals surface area contributed by atoms with Crippen LogP contribution in [0.5, 0.6) is 0 Å². The first-order valence-corrected chi connectivity index (χ1v) is 8.36. The van der Waals surface area contributed by atoms with E-state index in [0.29, 0.717) is 18.4 Å². The lowest BCUT2D eigenvalue weighted by atomic mass is 9.77. The molecule has 1 aliphatic heterocycles. The van der Waals surface area contributed by atoms with Crippen LogP contribution in [0.3, 0.4) is 0 Å². The van der Waals surface area contributed by atoms with Crippen LogP contribution in [-0.4, -0.2) is 64.3 Å². The van der Waals surface area contributed by atoms with Crippen LogP contribution in [0.2, 0.25) is 0 Å². The zero-order valence-corrected chi connectivity index (χ0v) is 13.5. The zero-order chi connectivity index (χ0) is 16.3. The fraction of sp³-hybridized carbons (Fsp3) is 1.00. The van der Waals surface area contributed by atoms with Gasteiger partial charge in [-0.3, -0.25) is 0 Å². The Labute approximate surface area is 132 Å². The highest BCUT2D eigenvalue weighted by Crippen LogP contribution is 2.34. The molecule has 22 heavy (non-hydrogen) atoms. The molecule has 1 saturated carbocycles. The fourth-order valence-electron chi connectivity index (χ4n) is 3.46. The molecule has 6 heteroatoms. The van der Waals surface area contributed by atoms with Gasteiger partial charge in [0.15, 0.2) is 6.29 Å². The first-order chi connectivity index (χ1) is 10.4. The third-order valence-electron chi connectivity index (χ3n) is 5.18. The molecule has 2 aliphatic rings. The Hall–Kier alpha value is -0.240. The molecular formula is C16H30O6. The van der Waals surface area contributed by atoms with Crippen molar-refractivity contribution in [2.45, 2.75) is 70.2 Å². The van der Waals surface area contributed by atoms with Crippen molar-refractivity contribution in [2.75, 3.05) is 13.2 Å². The van der Waals surface area contributed by atoms with Gasteiger partial charge in [-0.1, -0.05) is 13.8 Å². The number of hydrogen-bond donors (Lipinski definition) is 4. The smallest absolute Gasteiger partial charge is 0.186 e. The Morgan fingerprint density at radius 2 is 1.64 bits per heavy atom.